The highest BCUT2D eigenvalue weighted by molar-refractivity contribution is 5.58. The van der Waals surface area contributed by atoms with Crippen molar-refractivity contribution in [3.63, 3.8) is 0 Å². The first-order valence-electron chi connectivity index (χ1n) is 6.79. The van der Waals surface area contributed by atoms with E-state index in [-0.39, 0.29) is 6.04 Å². The van der Waals surface area contributed by atoms with Crippen LogP contribution in [0.2, 0.25) is 0 Å². The lowest BCUT2D eigenvalue weighted by Gasteiger charge is -2.19. The molecule has 0 saturated carbocycles. The minimum absolute atomic E-state index is 0.292. The van der Waals surface area contributed by atoms with Crippen LogP contribution in [0.5, 0.6) is 5.75 Å². The van der Waals surface area contributed by atoms with Gasteiger partial charge in [0.25, 0.3) is 0 Å². The van der Waals surface area contributed by atoms with Gasteiger partial charge in [-0.05, 0) is 56.2 Å². The molecule has 112 valence electrons. The summed E-state index contributed by atoms with van der Waals surface area (Å²) in [5.74, 6) is -0.147. The van der Waals surface area contributed by atoms with Gasteiger partial charge in [0, 0.05) is 5.56 Å². The zero-order chi connectivity index (χ0) is 15.6. The first-order valence-corrected chi connectivity index (χ1v) is 6.79. The zero-order valence-corrected chi connectivity index (χ0v) is 12.6. The van der Waals surface area contributed by atoms with Gasteiger partial charge in [0.2, 0.25) is 0 Å². The molecule has 0 radical (unpaired) electrons. The minimum Gasteiger partial charge on any atom is -0.495 e. The molecule has 2 aromatic carbocycles. The van der Waals surface area contributed by atoms with Gasteiger partial charge in [-0.3, -0.25) is 0 Å². The Morgan fingerprint density at radius 3 is 2.43 bits per heavy atom. The summed E-state index contributed by atoms with van der Waals surface area (Å²) in [6.45, 7) is 5.29. The topological polar surface area (TPSA) is 21.3 Å². The summed E-state index contributed by atoms with van der Waals surface area (Å²) in [5.41, 5.74) is 2.41. The molecule has 2 aromatic rings. The van der Waals surface area contributed by atoms with E-state index >= 15 is 0 Å². The maximum absolute atomic E-state index is 14.0. The summed E-state index contributed by atoms with van der Waals surface area (Å²) in [6, 6.07) is 7.77. The lowest BCUT2D eigenvalue weighted by molar-refractivity contribution is 0.415. The number of ether oxygens (including phenoxy) is 1. The van der Waals surface area contributed by atoms with Gasteiger partial charge in [0.15, 0.2) is 0 Å². The first kappa shape index (κ1) is 15.3. The molecule has 0 spiro atoms. The van der Waals surface area contributed by atoms with Crippen molar-refractivity contribution in [2.45, 2.75) is 26.8 Å². The van der Waals surface area contributed by atoms with Crippen molar-refractivity contribution >= 4 is 5.69 Å². The highest BCUT2D eigenvalue weighted by atomic mass is 19.1. The molecule has 0 heterocycles. The molecule has 21 heavy (non-hydrogen) atoms. The third-order valence-corrected chi connectivity index (χ3v) is 3.47. The highest BCUT2D eigenvalue weighted by Crippen LogP contribution is 2.30. The fourth-order valence-corrected chi connectivity index (χ4v) is 2.22. The predicted octanol–water partition coefficient (Wildman–Crippen LogP) is 4.76. The molecule has 0 aliphatic carbocycles. The smallest absolute Gasteiger partial charge is 0.142 e. The van der Waals surface area contributed by atoms with Crippen LogP contribution in [0, 0.1) is 25.5 Å². The second-order valence-corrected chi connectivity index (χ2v) is 5.19. The Balaban J connectivity index is 2.30. The van der Waals surface area contributed by atoms with Crippen LogP contribution < -0.4 is 10.1 Å². The molecular formula is C17H19F2NO. The third kappa shape index (κ3) is 3.32. The molecule has 1 atom stereocenters. The molecule has 0 bridgehead atoms. The van der Waals surface area contributed by atoms with E-state index < -0.39 is 11.6 Å². The number of benzene rings is 2. The fourth-order valence-electron chi connectivity index (χ4n) is 2.22. The molecule has 0 amide bonds. The Morgan fingerprint density at radius 1 is 1.05 bits per heavy atom. The van der Waals surface area contributed by atoms with Crippen LogP contribution in [0.15, 0.2) is 30.3 Å². The van der Waals surface area contributed by atoms with Crippen LogP contribution in [0.25, 0.3) is 0 Å². The summed E-state index contributed by atoms with van der Waals surface area (Å²) in [4.78, 5) is 0. The van der Waals surface area contributed by atoms with Gasteiger partial charge in [0.05, 0.1) is 18.8 Å². The standard InChI is InChI=1S/C17H19F2NO/c1-10-5-6-16(17(7-10)21-4)20-12(3)13-9-14(18)11(2)8-15(13)19/h5-9,12,20H,1-4H3. The molecule has 2 nitrogen and oxygen atoms in total. The van der Waals surface area contributed by atoms with Crippen molar-refractivity contribution < 1.29 is 13.5 Å². The van der Waals surface area contributed by atoms with Crippen LogP contribution in [-0.4, -0.2) is 7.11 Å². The Labute approximate surface area is 123 Å². The van der Waals surface area contributed by atoms with E-state index in [9.17, 15) is 8.78 Å². The predicted molar refractivity (Wildman–Crippen MR) is 80.9 cm³/mol. The van der Waals surface area contributed by atoms with Gasteiger partial charge >= 0.3 is 0 Å². The summed E-state index contributed by atoms with van der Waals surface area (Å²) < 4.78 is 32.9. The van der Waals surface area contributed by atoms with Crippen molar-refractivity contribution in [3.8, 4) is 5.75 Å². The number of methoxy groups -OCH3 is 1. The monoisotopic (exact) mass is 291 g/mol. The Morgan fingerprint density at radius 2 is 1.76 bits per heavy atom. The number of nitrogens with one attached hydrogen (secondary N) is 1. The first-order chi connectivity index (χ1) is 9.92. The van der Waals surface area contributed by atoms with Gasteiger partial charge in [-0.1, -0.05) is 6.07 Å². The van der Waals surface area contributed by atoms with Crippen LogP contribution in [0.3, 0.4) is 0 Å². The van der Waals surface area contributed by atoms with Gasteiger partial charge in [-0.2, -0.15) is 0 Å². The maximum atomic E-state index is 14.0. The van der Waals surface area contributed by atoms with Crippen molar-refractivity contribution in [2.75, 3.05) is 12.4 Å². The second kappa shape index (κ2) is 6.12. The Kier molecular flexibility index (Phi) is 4.46. The van der Waals surface area contributed by atoms with Crippen LogP contribution in [-0.2, 0) is 0 Å². The van der Waals surface area contributed by atoms with Crippen molar-refractivity contribution in [2.24, 2.45) is 0 Å². The van der Waals surface area contributed by atoms with Crippen molar-refractivity contribution in [1.82, 2.24) is 0 Å². The van der Waals surface area contributed by atoms with E-state index in [4.69, 9.17) is 4.74 Å². The van der Waals surface area contributed by atoms with E-state index in [1.54, 1.807) is 21.0 Å². The van der Waals surface area contributed by atoms with Crippen LogP contribution >= 0.6 is 0 Å². The highest BCUT2D eigenvalue weighted by Gasteiger charge is 2.15. The summed E-state index contributed by atoms with van der Waals surface area (Å²) >= 11 is 0. The van der Waals surface area contributed by atoms with Gasteiger partial charge < -0.3 is 10.1 Å². The van der Waals surface area contributed by atoms with Gasteiger partial charge in [-0.25, -0.2) is 8.78 Å². The van der Waals surface area contributed by atoms with E-state index in [1.165, 1.54) is 12.1 Å². The SMILES string of the molecule is COc1cc(C)ccc1NC(C)c1cc(F)c(C)cc1F. The number of hydrogen-bond donors (Lipinski definition) is 1. The average molecular weight is 291 g/mol. The third-order valence-electron chi connectivity index (χ3n) is 3.47. The number of halogens is 2. The maximum Gasteiger partial charge on any atom is 0.142 e. The number of anilines is 1. The molecule has 0 aliphatic heterocycles. The number of rotatable bonds is 4. The minimum atomic E-state index is -0.417. The van der Waals surface area contributed by atoms with E-state index in [2.05, 4.69) is 5.32 Å². The molecule has 1 N–H and O–H groups in total. The summed E-state index contributed by atoms with van der Waals surface area (Å²) in [6.07, 6.45) is 0. The summed E-state index contributed by atoms with van der Waals surface area (Å²) in [7, 11) is 1.58. The molecule has 1 unspecified atom stereocenters. The Bertz CT molecular complexity index is 655. The number of aryl methyl sites for hydroxylation is 2. The Hall–Kier alpha value is -2.10. The largest absolute Gasteiger partial charge is 0.495 e. The quantitative estimate of drug-likeness (QED) is 0.876. The van der Waals surface area contributed by atoms with Crippen LogP contribution in [0.1, 0.15) is 29.7 Å². The fraction of sp³-hybridized carbons (Fsp3) is 0.294. The normalized spacial score (nSPS) is 12.1. The molecule has 0 aliphatic rings. The zero-order valence-electron chi connectivity index (χ0n) is 12.6. The van der Waals surface area contributed by atoms with Crippen molar-refractivity contribution in [1.29, 1.82) is 0 Å². The van der Waals surface area contributed by atoms with E-state index in [1.807, 2.05) is 25.1 Å². The lowest BCUT2D eigenvalue weighted by Crippen LogP contribution is -2.10. The second-order valence-electron chi connectivity index (χ2n) is 5.19. The lowest BCUT2D eigenvalue weighted by atomic mass is 10.0. The van der Waals surface area contributed by atoms with E-state index in [0.717, 1.165) is 11.3 Å². The molecule has 2 rings (SSSR count). The molecule has 4 heteroatoms. The molecule has 0 saturated heterocycles. The summed E-state index contributed by atoms with van der Waals surface area (Å²) in [5, 5.41) is 3.16. The number of hydrogen-bond acceptors (Lipinski definition) is 2. The van der Waals surface area contributed by atoms with Gasteiger partial charge in [0.1, 0.15) is 17.4 Å². The van der Waals surface area contributed by atoms with Gasteiger partial charge in [-0.15, -0.1) is 0 Å². The molecule has 0 aromatic heterocycles. The molecule has 0 fully saturated rings. The van der Waals surface area contributed by atoms with Crippen molar-refractivity contribution in [3.05, 3.63) is 58.7 Å². The molecular weight excluding hydrogens is 272 g/mol. The van der Waals surface area contributed by atoms with Crippen LogP contribution in [0.4, 0.5) is 14.5 Å². The average Bonchev–Trinajstić information content (AvgIpc) is 2.44. The van der Waals surface area contributed by atoms with E-state index in [0.29, 0.717) is 16.9 Å².